The van der Waals surface area contributed by atoms with Gasteiger partial charge in [0.1, 0.15) is 5.01 Å². The van der Waals surface area contributed by atoms with Crippen molar-refractivity contribution in [2.45, 2.75) is 19.5 Å². The van der Waals surface area contributed by atoms with Crippen molar-refractivity contribution in [1.82, 2.24) is 9.88 Å². The lowest BCUT2D eigenvalue weighted by Gasteiger charge is -2.28. The Morgan fingerprint density at radius 3 is 2.92 bits per heavy atom. The lowest BCUT2D eigenvalue weighted by Crippen LogP contribution is -2.30. The molecule has 0 saturated carbocycles. The third kappa shape index (κ3) is 3.80. The van der Waals surface area contributed by atoms with Gasteiger partial charge in [0.25, 0.3) is 5.91 Å². The second-order valence-corrected chi connectivity index (χ2v) is 7.69. The third-order valence-electron chi connectivity index (χ3n) is 4.52. The van der Waals surface area contributed by atoms with E-state index < -0.39 is 0 Å². The summed E-state index contributed by atoms with van der Waals surface area (Å²) in [6, 6.07) is 13.2. The molecule has 0 fully saturated rings. The molecule has 0 unspecified atom stereocenters. The fourth-order valence-electron chi connectivity index (χ4n) is 3.19. The van der Waals surface area contributed by atoms with Crippen molar-refractivity contribution in [3.63, 3.8) is 0 Å². The number of nitrogens with zero attached hydrogens (tertiary/aromatic N) is 2. The predicted octanol–water partition coefficient (Wildman–Crippen LogP) is 4.61. The molecular formula is C20H18ClN3OS. The van der Waals surface area contributed by atoms with Gasteiger partial charge in [0.05, 0.1) is 17.1 Å². The molecule has 6 heteroatoms. The van der Waals surface area contributed by atoms with Crippen molar-refractivity contribution in [3.05, 3.63) is 80.8 Å². The molecule has 1 N–H and O–H groups in total. The molecule has 1 aromatic heterocycles. The Balaban J connectivity index is 1.48. The number of thiazole rings is 1. The monoisotopic (exact) mass is 383 g/mol. The van der Waals surface area contributed by atoms with Crippen LogP contribution in [0.1, 0.15) is 26.5 Å². The van der Waals surface area contributed by atoms with Gasteiger partial charge in [-0.2, -0.15) is 0 Å². The molecule has 0 atom stereocenters. The summed E-state index contributed by atoms with van der Waals surface area (Å²) in [6.45, 7) is 2.76. The van der Waals surface area contributed by atoms with Crippen molar-refractivity contribution >= 4 is 34.5 Å². The summed E-state index contributed by atoms with van der Waals surface area (Å²) in [5.41, 5.74) is 3.88. The zero-order valence-corrected chi connectivity index (χ0v) is 15.7. The molecular weight excluding hydrogens is 366 g/mol. The molecule has 0 aliphatic carbocycles. The molecule has 4 nitrogen and oxygen atoms in total. The van der Waals surface area contributed by atoms with Crippen LogP contribution in [-0.4, -0.2) is 22.3 Å². The highest BCUT2D eigenvalue weighted by atomic mass is 35.5. The Labute approximate surface area is 161 Å². The summed E-state index contributed by atoms with van der Waals surface area (Å²) >= 11 is 7.80. The number of halogens is 1. The van der Waals surface area contributed by atoms with E-state index in [2.05, 4.69) is 27.3 Å². The van der Waals surface area contributed by atoms with E-state index in [9.17, 15) is 4.79 Å². The maximum absolute atomic E-state index is 12.5. The van der Waals surface area contributed by atoms with Gasteiger partial charge in [-0.3, -0.25) is 9.69 Å². The number of amides is 1. The smallest absolute Gasteiger partial charge is 0.257 e. The fourth-order valence-corrected chi connectivity index (χ4v) is 4.07. The van der Waals surface area contributed by atoms with Gasteiger partial charge in [0, 0.05) is 30.4 Å². The van der Waals surface area contributed by atoms with Gasteiger partial charge in [-0.1, -0.05) is 29.8 Å². The average Bonchev–Trinajstić information content (AvgIpc) is 3.15. The lowest BCUT2D eigenvalue weighted by molar-refractivity contribution is 0.102. The second-order valence-electron chi connectivity index (χ2n) is 6.30. The number of nitrogens with one attached hydrogen (secondary N) is 1. The van der Waals surface area contributed by atoms with Crippen molar-refractivity contribution in [2.75, 3.05) is 11.9 Å². The van der Waals surface area contributed by atoms with Crippen LogP contribution < -0.4 is 5.32 Å². The first-order chi connectivity index (χ1) is 12.7. The fraction of sp³-hybridized carbons (Fsp3) is 0.200. The normalized spacial score (nSPS) is 14.0. The maximum Gasteiger partial charge on any atom is 0.257 e. The van der Waals surface area contributed by atoms with Crippen molar-refractivity contribution in [3.8, 4) is 0 Å². The highest BCUT2D eigenvalue weighted by molar-refractivity contribution is 7.09. The van der Waals surface area contributed by atoms with Crippen LogP contribution in [0.4, 0.5) is 5.69 Å². The largest absolute Gasteiger partial charge is 0.322 e. The van der Waals surface area contributed by atoms with E-state index >= 15 is 0 Å². The van der Waals surface area contributed by atoms with E-state index in [1.165, 1.54) is 11.1 Å². The van der Waals surface area contributed by atoms with Gasteiger partial charge >= 0.3 is 0 Å². The van der Waals surface area contributed by atoms with Gasteiger partial charge in [0.2, 0.25) is 0 Å². The highest BCUT2D eigenvalue weighted by Crippen LogP contribution is 2.25. The van der Waals surface area contributed by atoms with Crippen LogP contribution in [0, 0.1) is 0 Å². The summed E-state index contributed by atoms with van der Waals surface area (Å²) in [6.07, 6.45) is 2.86. The SMILES string of the molecule is O=C(Nc1ccc2c(c1)CN(Cc1nccs1)CC2)c1ccccc1Cl. The topological polar surface area (TPSA) is 45.2 Å². The number of hydrogen-bond donors (Lipinski definition) is 1. The van der Waals surface area contributed by atoms with Gasteiger partial charge in [-0.25, -0.2) is 4.98 Å². The molecule has 0 saturated heterocycles. The van der Waals surface area contributed by atoms with E-state index in [0.29, 0.717) is 10.6 Å². The minimum absolute atomic E-state index is 0.189. The summed E-state index contributed by atoms with van der Waals surface area (Å²) in [7, 11) is 0. The zero-order valence-electron chi connectivity index (χ0n) is 14.1. The number of aromatic nitrogens is 1. The summed E-state index contributed by atoms with van der Waals surface area (Å²) < 4.78 is 0. The van der Waals surface area contributed by atoms with E-state index in [1.54, 1.807) is 23.5 Å². The molecule has 0 radical (unpaired) electrons. The van der Waals surface area contributed by atoms with E-state index in [0.717, 1.165) is 36.8 Å². The van der Waals surface area contributed by atoms with Crippen LogP contribution in [0.3, 0.4) is 0 Å². The average molecular weight is 384 g/mol. The third-order valence-corrected chi connectivity index (χ3v) is 5.61. The summed E-state index contributed by atoms with van der Waals surface area (Å²) in [5.74, 6) is -0.189. The Morgan fingerprint density at radius 2 is 2.12 bits per heavy atom. The van der Waals surface area contributed by atoms with Crippen LogP contribution in [0.25, 0.3) is 0 Å². The molecule has 1 aliphatic rings. The molecule has 26 heavy (non-hydrogen) atoms. The number of hydrogen-bond acceptors (Lipinski definition) is 4. The molecule has 132 valence electrons. The Kier molecular flexibility index (Phi) is 5.02. The van der Waals surface area contributed by atoms with Crippen LogP contribution in [-0.2, 0) is 19.5 Å². The molecule has 2 heterocycles. The standard InChI is InChI=1S/C20H18ClN3OS/c21-18-4-2-1-3-17(18)20(25)23-16-6-5-14-7-9-24(12-15(14)11-16)13-19-22-8-10-26-19/h1-6,8,10-11H,7,9,12-13H2,(H,23,25). The van der Waals surface area contributed by atoms with Crippen molar-refractivity contribution < 1.29 is 4.79 Å². The lowest BCUT2D eigenvalue weighted by atomic mass is 9.99. The first-order valence-electron chi connectivity index (χ1n) is 8.47. The second kappa shape index (κ2) is 7.58. The van der Waals surface area contributed by atoms with Gasteiger partial charge < -0.3 is 5.32 Å². The molecule has 2 aromatic carbocycles. The van der Waals surface area contributed by atoms with Crippen LogP contribution in [0.15, 0.2) is 54.0 Å². The van der Waals surface area contributed by atoms with Gasteiger partial charge in [-0.15, -0.1) is 11.3 Å². The van der Waals surface area contributed by atoms with Gasteiger partial charge in [0.15, 0.2) is 0 Å². The number of carbonyl (C=O) groups is 1. The Hall–Kier alpha value is -2.21. The molecule has 0 bridgehead atoms. The maximum atomic E-state index is 12.5. The predicted molar refractivity (Wildman–Crippen MR) is 106 cm³/mol. The van der Waals surface area contributed by atoms with Gasteiger partial charge in [-0.05, 0) is 41.8 Å². The van der Waals surface area contributed by atoms with E-state index in [4.69, 9.17) is 11.6 Å². The number of benzene rings is 2. The number of carbonyl (C=O) groups excluding carboxylic acids is 1. The first kappa shape index (κ1) is 17.2. The van der Waals surface area contributed by atoms with E-state index in [-0.39, 0.29) is 5.91 Å². The van der Waals surface area contributed by atoms with E-state index in [1.807, 2.05) is 29.8 Å². The number of rotatable bonds is 4. The summed E-state index contributed by atoms with van der Waals surface area (Å²) in [4.78, 5) is 19.2. The molecule has 0 spiro atoms. The quantitative estimate of drug-likeness (QED) is 0.715. The number of fused-ring (bicyclic) bond motifs is 1. The minimum Gasteiger partial charge on any atom is -0.322 e. The zero-order chi connectivity index (χ0) is 17.9. The molecule has 4 rings (SSSR count). The molecule has 1 aliphatic heterocycles. The van der Waals surface area contributed by atoms with Crippen LogP contribution in [0.5, 0.6) is 0 Å². The molecule has 1 amide bonds. The minimum atomic E-state index is -0.189. The first-order valence-corrected chi connectivity index (χ1v) is 9.73. The van der Waals surface area contributed by atoms with Crippen molar-refractivity contribution in [2.24, 2.45) is 0 Å². The van der Waals surface area contributed by atoms with Crippen molar-refractivity contribution in [1.29, 1.82) is 0 Å². The summed E-state index contributed by atoms with van der Waals surface area (Å²) in [5, 5.41) is 6.56. The Bertz CT molecular complexity index is 927. The molecule has 3 aromatic rings. The van der Waals surface area contributed by atoms with Crippen LogP contribution >= 0.6 is 22.9 Å². The van der Waals surface area contributed by atoms with Crippen LogP contribution in [0.2, 0.25) is 5.02 Å². The highest BCUT2D eigenvalue weighted by Gasteiger charge is 2.18. The Morgan fingerprint density at radius 1 is 1.23 bits per heavy atom. The number of anilines is 1.